The fraction of sp³-hybridized carbons (Fsp3) is 0.0833. The van der Waals surface area contributed by atoms with E-state index in [2.05, 4.69) is 23.7 Å². The normalized spacial score (nSPS) is 9.86. The molecule has 0 unspecified atom stereocenters. The molecule has 0 aromatic heterocycles. The van der Waals surface area contributed by atoms with Crippen LogP contribution in [0.25, 0.3) is 12.2 Å². The zero-order chi connectivity index (χ0) is 19.9. The Morgan fingerprint density at radius 3 is 1.46 bits per heavy atom. The van der Waals surface area contributed by atoms with Crippen LogP contribution in [0.15, 0.2) is 72.8 Å². The Kier molecular flexibility index (Phi) is 8.95. The van der Waals surface area contributed by atoms with Gasteiger partial charge in [0.05, 0.1) is 0 Å². The highest BCUT2D eigenvalue weighted by molar-refractivity contribution is 5.87. The number of esters is 2. The van der Waals surface area contributed by atoms with Crippen molar-refractivity contribution in [2.45, 2.75) is 0 Å². The Morgan fingerprint density at radius 2 is 1.07 bits per heavy atom. The standard InChI is InChI=1S/C24H18O4/c25-23(17-15-21-11-5-3-6-12-21)27-19-9-1-2-10-20-28-24(26)18-16-22-13-7-4-8-14-22/h3-8,11-18H,19-20H2. The van der Waals surface area contributed by atoms with Crippen LogP contribution in [0.4, 0.5) is 0 Å². The third kappa shape index (κ3) is 8.89. The summed E-state index contributed by atoms with van der Waals surface area (Å²) in [6.07, 6.45) is 6.00. The van der Waals surface area contributed by atoms with Gasteiger partial charge >= 0.3 is 11.9 Å². The van der Waals surface area contributed by atoms with E-state index < -0.39 is 11.9 Å². The van der Waals surface area contributed by atoms with Gasteiger partial charge in [0, 0.05) is 12.2 Å². The summed E-state index contributed by atoms with van der Waals surface area (Å²) in [5.41, 5.74) is 1.81. The average molecular weight is 370 g/mol. The van der Waals surface area contributed by atoms with Crippen LogP contribution in [-0.2, 0) is 19.1 Å². The molecule has 4 heteroatoms. The number of carbonyl (C=O) groups is 2. The largest absolute Gasteiger partial charge is 0.449 e. The predicted molar refractivity (Wildman–Crippen MR) is 108 cm³/mol. The molecule has 0 aliphatic carbocycles. The molecule has 28 heavy (non-hydrogen) atoms. The molecule has 0 amide bonds. The van der Waals surface area contributed by atoms with Gasteiger partial charge in [0.2, 0.25) is 0 Å². The minimum atomic E-state index is -0.481. The Labute approximate surface area is 164 Å². The van der Waals surface area contributed by atoms with E-state index in [0.717, 1.165) is 11.1 Å². The lowest BCUT2D eigenvalue weighted by atomic mass is 10.2. The number of hydrogen-bond donors (Lipinski definition) is 0. The fourth-order valence-corrected chi connectivity index (χ4v) is 1.93. The molecule has 0 heterocycles. The van der Waals surface area contributed by atoms with Crippen LogP contribution < -0.4 is 0 Å². The quantitative estimate of drug-likeness (QED) is 0.444. The second-order valence-corrected chi connectivity index (χ2v) is 5.31. The molecule has 4 nitrogen and oxygen atoms in total. The molecular weight excluding hydrogens is 352 g/mol. The fourth-order valence-electron chi connectivity index (χ4n) is 1.93. The monoisotopic (exact) mass is 370 g/mol. The van der Waals surface area contributed by atoms with Crippen molar-refractivity contribution < 1.29 is 19.1 Å². The molecule has 2 aromatic carbocycles. The van der Waals surface area contributed by atoms with Crippen LogP contribution in [0, 0.1) is 23.7 Å². The van der Waals surface area contributed by atoms with Crippen molar-refractivity contribution in [3.8, 4) is 23.7 Å². The van der Waals surface area contributed by atoms with E-state index in [4.69, 9.17) is 9.47 Å². The second-order valence-electron chi connectivity index (χ2n) is 5.31. The summed E-state index contributed by atoms with van der Waals surface area (Å²) in [5, 5.41) is 0. The van der Waals surface area contributed by atoms with E-state index in [1.165, 1.54) is 12.2 Å². The maximum absolute atomic E-state index is 11.5. The molecule has 2 rings (SSSR count). The van der Waals surface area contributed by atoms with Gasteiger partial charge < -0.3 is 9.47 Å². The van der Waals surface area contributed by atoms with Crippen LogP contribution >= 0.6 is 0 Å². The first-order chi connectivity index (χ1) is 13.7. The van der Waals surface area contributed by atoms with Gasteiger partial charge in [0.15, 0.2) is 13.2 Å². The molecule has 0 N–H and O–H groups in total. The first kappa shape index (κ1) is 20.3. The first-order valence-corrected chi connectivity index (χ1v) is 8.49. The van der Waals surface area contributed by atoms with Crippen LogP contribution in [0.1, 0.15) is 11.1 Å². The van der Waals surface area contributed by atoms with Crippen molar-refractivity contribution in [1.29, 1.82) is 0 Å². The predicted octanol–water partition coefficient (Wildman–Crippen LogP) is 3.51. The lowest BCUT2D eigenvalue weighted by molar-refractivity contribution is -0.137. The molecule has 0 radical (unpaired) electrons. The number of rotatable bonds is 6. The number of hydrogen-bond acceptors (Lipinski definition) is 4. The van der Waals surface area contributed by atoms with Crippen molar-refractivity contribution in [3.05, 3.63) is 83.9 Å². The molecule has 0 spiro atoms. The molecule has 0 atom stereocenters. The summed E-state index contributed by atoms with van der Waals surface area (Å²) < 4.78 is 9.84. The molecule has 0 saturated heterocycles. The highest BCUT2D eigenvalue weighted by atomic mass is 16.5. The summed E-state index contributed by atoms with van der Waals surface area (Å²) in [6.45, 7) is -0.126. The molecule has 2 aromatic rings. The van der Waals surface area contributed by atoms with Crippen molar-refractivity contribution in [1.82, 2.24) is 0 Å². The van der Waals surface area contributed by atoms with Gasteiger partial charge in [-0.15, -0.1) is 0 Å². The van der Waals surface area contributed by atoms with Crippen LogP contribution in [0.5, 0.6) is 0 Å². The zero-order valence-corrected chi connectivity index (χ0v) is 15.1. The van der Waals surface area contributed by atoms with Crippen molar-refractivity contribution in [2.75, 3.05) is 13.2 Å². The van der Waals surface area contributed by atoms with Crippen molar-refractivity contribution in [3.63, 3.8) is 0 Å². The summed E-state index contributed by atoms with van der Waals surface area (Å²) in [6, 6.07) is 18.8. The van der Waals surface area contributed by atoms with Crippen LogP contribution in [-0.4, -0.2) is 25.2 Å². The average Bonchev–Trinajstić information content (AvgIpc) is 2.74. The molecule has 0 aliphatic rings. The lowest BCUT2D eigenvalue weighted by Crippen LogP contribution is -2.00. The van der Waals surface area contributed by atoms with Gasteiger partial charge in [-0.25, -0.2) is 9.59 Å². The van der Waals surface area contributed by atoms with Crippen LogP contribution in [0.2, 0.25) is 0 Å². The maximum atomic E-state index is 11.5. The summed E-state index contributed by atoms with van der Waals surface area (Å²) in [7, 11) is 0. The van der Waals surface area contributed by atoms with E-state index in [1.807, 2.05) is 60.7 Å². The Bertz CT molecular complexity index is 868. The van der Waals surface area contributed by atoms with E-state index in [9.17, 15) is 9.59 Å². The molecule has 0 saturated carbocycles. The third-order valence-corrected chi connectivity index (χ3v) is 3.24. The maximum Gasteiger partial charge on any atom is 0.331 e. The molecule has 0 bridgehead atoms. The second kappa shape index (κ2) is 12.4. The van der Waals surface area contributed by atoms with Gasteiger partial charge in [-0.05, 0) is 47.0 Å². The highest BCUT2D eigenvalue weighted by Gasteiger charge is 1.95. The van der Waals surface area contributed by atoms with E-state index in [1.54, 1.807) is 12.2 Å². The minimum absolute atomic E-state index is 0.0632. The van der Waals surface area contributed by atoms with Crippen LogP contribution in [0.3, 0.4) is 0 Å². The summed E-state index contributed by atoms with van der Waals surface area (Å²) in [5.74, 6) is 9.27. The lowest BCUT2D eigenvalue weighted by Gasteiger charge is -1.94. The Morgan fingerprint density at radius 1 is 0.679 bits per heavy atom. The van der Waals surface area contributed by atoms with E-state index in [0.29, 0.717) is 0 Å². The number of carbonyl (C=O) groups excluding carboxylic acids is 2. The highest BCUT2D eigenvalue weighted by Crippen LogP contribution is 2.01. The van der Waals surface area contributed by atoms with Gasteiger partial charge in [0.1, 0.15) is 0 Å². The molecule has 0 fully saturated rings. The van der Waals surface area contributed by atoms with Gasteiger partial charge in [-0.1, -0.05) is 60.7 Å². The molecular formula is C24H18O4. The van der Waals surface area contributed by atoms with Crippen molar-refractivity contribution in [2.24, 2.45) is 0 Å². The topological polar surface area (TPSA) is 52.6 Å². The van der Waals surface area contributed by atoms with E-state index in [-0.39, 0.29) is 13.2 Å². The smallest absolute Gasteiger partial charge is 0.331 e. The number of ether oxygens (including phenoxy) is 2. The Balaban J connectivity index is 1.62. The first-order valence-electron chi connectivity index (χ1n) is 8.49. The zero-order valence-electron chi connectivity index (χ0n) is 15.1. The minimum Gasteiger partial charge on any atom is -0.449 e. The van der Waals surface area contributed by atoms with Crippen molar-refractivity contribution >= 4 is 24.1 Å². The van der Waals surface area contributed by atoms with Gasteiger partial charge in [-0.2, -0.15) is 0 Å². The Hall–Kier alpha value is -4.02. The molecule has 138 valence electrons. The summed E-state index contributed by atoms with van der Waals surface area (Å²) in [4.78, 5) is 23.0. The SMILES string of the molecule is O=C(C=Cc1ccccc1)OCC#CC#CCOC(=O)C=Cc1ccccc1. The van der Waals surface area contributed by atoms with Gasteiger partial charge in [0.25, 0.3) is 0 Å². The van der Waals surface area contributed by atoms with Gasteiger partial charge in [-0.3, -0.25) is 0 Å². The van der Waals surface area contributed by atoms with E-state index >= 15 is 0 Å². The number of benzene rings is 2. The third-order valence-electron chi connectivity index (χ3n) is 3.24. The summed E-state index contributed by atoms with van der Waals surface area (Å²) >= 11 is 0. The molecule has 0 aliphatic heterocycles.